The van der Waals surface area contributed by atoms with Gasteiger partial charge in [0.15, 0.2) is 0 Å². The first-order chi connectivity index (χ1) is 16.4. The zero-order chi connectivity index (χ0) is 26.2. The smallest absolute Gasteiger partial charge is 0.238 e. The number of carbonyl (C=O) groups excluding carboxylic acids is 2. The van der Waals surface area contributed by atoms with E-state index in [1.807, 2.05) is 32.6 Å². The molecule has 0 aliphatic carbocycles. The van der Waals surface area contributed by atoms with Gasteiger partial charge in [-0.05, 0) is 48.8 Å². The number of sulfonamides is 1. The molecular weight excluding hydrogens is 469 g/mol. The highest BCUT2D eigenvalue weighted by molar-refractivity contribution is 7.89. The molecule has 198 valence electrons. The molecule has 0 atom stereocenters. The molecule has 1 saturated heterocycles. The van der Waals surface area contributed by atoms with Crippen LogP contribution in [0, 0.1) is 11.2 Å². The second-order valence-electron chi connectivity index (χ2n) is 10.6. The van der Waals surface area contributed by atoms with Crippen molar-refractivity contribution in [1.82, 2.24) is 14.1 Å². The molecule has 1 aliphatic rings. The van der Waals surface area contributed by atoms with E-state index in [9.17, 15) is 22.4 Å². The van der Waals surface area contributed by atoms with Crippen molar-refractivity contribution in [3.05, 3.63) is 35.6 Å². The lowest BCUT2D eigenvalue weighted by Crippen LogP contribution is -2.51. The second-order valence-corrected chi connectivity index (χ2v) is 12.7. The van der Waals surface area contributed by atoms with Gasteiger partial charge in [-0.3, -0.25) is 9.59 Å². The molecule has 1 heterocycles. The molecule has 0 N–H and O–H groups in total. The van der Waals surface area contributed by atoms with Gasteiger partial charge in [-0.15, -0.1) is 0 Å². The van der Waals surface area contributed by atoms with E-state index in [0.717, 1.165) is 5.56 Å². The minimum absolute atomic E-state index is 0.00647. The van der Waals surface area contributed by atoms with Crippen LogP contribution in [0.15, 0.2) is 24.3 Å². The van der Waals surface area contributed by atoms with Crippen LogP contribution in [0.3, 0.4) is 0 Å². The number of amides is 2. The van der Waals surface area contributed by atoms with E-state index < -0.39 is 10.0 Å². The second kappa shape index (κ2) is 12.8. The summed E-state index contributed by atoms with van der Waals surface area (Å²) in [5.41, 5.74) is 0.690. The molecule has 2 rings (SSSR count). The molecular formula is C26H42FN3O4S. The van der Waals surface area contributed by atoms with Gasteiger partial charge < -0.3 is 9.80 Å². The predicted molar refractivity (Wildman–Crippen MR) is 137 cm³/mol. The fraction of sp³-hybridized carbons (Fsp3) is 0.692. The SMILES string of the molecule is CCCN(CC(=O)N(Cc1ccc(F)cc1)C1CCN(C(=O)CC(C)(C)C)CC1)S(=O)(=O)CCC. The molecule has 0 unspecified atom stereocenters. The van der Waals surface area contributed by atoms with Crippen LogP contribution in [-0.2, 0) is 26.2 Å². The van der Waals surface area contributed by atoms with Crippen LogP contribution in [0.4, 0.5) is 4.39 Å². The highest BCUT2D eigenvalue weighted by Crippen LogP contribution is 2.24. The molecule has 1 aromatic carbocycles. The summed E-state index contributed by atoms with van der Waals surface area (Å²) in [6.45, 7) is 11.3. The normalized spacial score (nSPS) is 15.5. The van der Waals surface area contributed by atoms with E-state index in [2.05, 4.69) is 0 Å². The summed E-state index contributed by atoms with van der Waals surface area (Å²) in [7, 11) is -3.53. The van der Waals surface area contributed by atoms with Gasteiger partial charge in [0.2, 0.25) is 21.8 Å². The van der Waals surface area contributed by atoms with Gasteiger partial charge in [0.05, 0.1) is 12.3 Å². The van der Waals surface area contributed by atoms with Gasteiger partial charge in [0.25, 0.3) is 0 Å². The average Bonchev–Trinajstić information content (AvgIpc) is 2.77. The summed E-state index contributed by atoms with van der Waals surface area (Å²) in [5.74, 6) is -0.488. The maximum absolute atomic E-state index is 13.5. The zero-order valence-electron chi connectivity index (χ0n) is 21.9. The molecule has 0 saturated carbocycles. The maximum atomic E-state index is 13.5. The topological polar surface area (TPSA) is 78.0 Å². The lowest BCUT2D eigenvalue weighted by molar-refractivity contribution is -0.138. The molecule has 0 spiro atoms. The van der Waals surface area contributed by atoms with E-state index in [0.29, 0.717) is 45.2 Å². The molecule has 1 fully saturated rings. The highest BCUT2D eigenvalue weighted by atomic mass is 32.2. The quantitative estimate of drug-likeness (QED) is 0.449. The summed E-state index contributed by atoms with van der Waals surface area (Å²) in [6.07, 6.45) is 2.81. The van der Waals surface area contributed by atoms with E-state index in [-0.39, 0.29) is 54.5 Å². The molecule has 35 heavy (non-hydrogen) atoms. The Morgan fingerprint density at radius 2 is 1.66 bits per heavy atom. The van der Waals surface area contributed by atoms with Crippen LogP contribution in [0.2, 0.25) is 0 Å². The minimum Gasteiger partial charge on any atom is -0.343 e. The van der Waals surface area contributed by atoms with Crippen LogP contribution in [0.1, 0.15) is 72.3 Å². The predicted octanol–water partition coefficient (Wildman–Crippen LogP) is 4.03. The van der Waals surface area contributed by atoms with Crippen molar-refractivity contribution in [2.75, 3.05) is 31.9 Å². The van der Waals surface area contributed by atoms with Crippen molar-refractivity contribution in [3.63, 3.8) is 0 Å². The largest absolute Gasteiger partial charge is 0.343 e. The Morgan fingerprint density at radius 1 is 1.06 bits per heavy atom. The fourth-order valence-electron chi connectivity index (χ4n) is 4.39. The zero-order valence-corrected chi connectivity index (χ0v) is 22.7. The van der Waals surface area contributed by atoms with Crippen LogP contribution in [0.5, 0.6) is 0 Å². The molecule has 0 radical (unpaired) electrons. The number of hydrogen-bond donors (Lipinski definition) is 0. The number of benzene rings is 1. The van der Waals surface area contributed by atoms with Crippen molar-refractivity contribution < 1.29 is 22.4 Å². The first-order valence-corrected chi connectivity index (χ1v) is 14.3. The third kappa shape index (κ3) is 9.18. The van der Waals surface area contributed by atoms with Gasteiger partial charge >= 0.3 is 0 Å². The van der Waals surface area contributed by atoms with Gasteiger partial charge in [0, 0.05) is 38.6 Å². The maximum Gasteiger partial charge on any atom is 0.238 e. The summed E-state index contributed by atoms with van der Waals surface area (Å²) in [5, 5.41) is 0. The first-order valence-electron chi connectivity index (χ1n) is 12.7. The Kier molecular flexibility index (Phi) is 10.7. The number of piperidine rings is 1. The number of hydrogen-bond acceptors (Lipinski definition) is 4. The molecule has 2 amide bonds. The Hall–Kier alpha value is -2.00. The Bertz CT molecular complexity index is 936. The number of carbonyl (C=O) groups is 2. The van der Waals surface area contributed by atoms with Crippen LogP contribution >= 0.6 is 0 Å². The van der Waals surface area contributed by atoms with Gasteiger partial charge in [0.1, 0.15) is 5.82 Å². The average molecular weight is 512 g/mol. The molecule has 7 nitrogen and oxygen atoms in total. The highest BCUT2D eigenvalue weighted by Gasteiger charge is 2.33. The van der Waals surface area contributed by atoms with Crippen molar-refractivity contribution in [2.24, 2.45) is 5.41 Å². The number of likely N-dealkylation sites (tertiary alicyclic amines) is 1. The van der Waals surface area contributed by atoms with E-state index in [1.54, 1.807) is 24.0 Å². The number of rotatable bonds is 11. The standard InChI is InChI=1S/C26H42FN3O4S/c1-6-14-29(35(33,34)17-7-2)20-25(32)30(19-21-8-10-22(27)11-9-21)23-12-15-28(16-13-23)24(31)18-26(3,4)5/h8-11,23H,6-7,12-20H2,1-5H3. The van der Waals surface area contributed by atoms with Crippen LogP contribution < -0.4 is 0 Å². The van der Waals surface area contributed by atoms with E-state index >= 15 is 0 Å². The third-order valence-electron chi connectivity index (χ3n) is 6.17. The minimum atomic E-state index is -3.53. The summed E-state index contributed by atoms with van der Waals surface area (Å²) in [6, 6.07) is 5.90. The van der Waals surface area contributed by atoms with Crippen LogP contribution in [0.25, 0.3) is 0 Å². The molecule has 1 aliphatic heterocycles. The van der Waals surface area contributed by atoms with Crippen molar-refractivity contribution in [1.29, 1.82) is 0 Å². The van der Waals surface area contributed by atoms with Gasteiger partial charge in [-0.25, -0.2) is 12.8 Å². The van der Waals surface area contributed by atoms with E-state index in [4.69, 9.17) is 0 Å². The first kappa shape index (κ1) is 29.2. The van der Waals surface area contributed by atoms with Gasteiger partial charge in [-0.1, -0.05) is 46.8 Å². The van der Waals surface area contributed by atoms with Gasteiger partial charge in [-0.2, -0.15) is 4.31 Å². The monoisotopic (exact) mass is 511 g/mol. The molecule has 9 heteroatoms. The fourth-order valence-corrected chi connectivity index (χ4v) is 5.94. The van der Waals surface area contributed by atoms with Crippen LogP contribution in [-0.4, -0.2) is 72.3 Å². The Labute approximate surface area is 210 Å². The summed E-state index contributed by atoms with van der Waals surface area (Å²) >= 11 is 0. The number of halogens is 1. The number of nitrogens with zero attached hydrogens (tertiary/aromatic N) is 3. The van der Waals surface area contributed by atoms with Crippen molar-refractivity contribution in [2.45, 2.75) is 79.3 Å². The summed E-state index contributed by atoms with van der Waals surface area (Å²) < 4.78 is 40.2. The van der Waals surface area contributed by atoms with E-state index in [1.165, 1.54) is 16.4 Å². The Morgan fingerprint density at radius 3 is 2.17 bits per heavy atom. The lowest BCUT2D eigenvalue weighted by Gasteiger charge is -2.40. The third-order valence-corrected chi connectivity index (χ3v) is 8.19. The molecule has 0 bridgehead atoms. The van der Waals surface area contributed by atoms with Crippen molar-refractivity contribution >= 4 is 21.8 Å². The summed E-state index contributed by atoms with van der Waals surface area (Å²) in [4.78, 5) is 29.8. The molecule has 0 aromatic heterocycles. The molecule has 1 aromatic rings. The van der Waals surface area contributed by atoms with Crippen molar-refractivity contribution in [3.8, 4) is 0 Å². The lowest BCUT2D eigenvalue weighted by atomic mass is 9.91. The Balaban J connectivity index is 2.19.